The molecular formula is C49H33NO. The first-order valence-corrected chi connectivity index (χ1v) is 17.5. The van der Waals surface area contributed by atoms with Crippen molar-refractivity contribution in [3.63, 3.8) is 0 Å². The molecule has 10 rings (SSSR count). The third kappa shape index (κ3) is 4.57. The minimum atomic E-state index is -0.524. The number of para-hydroxylation sites is 1. The van der Waals surface area contributed by atoms with Gasteiger partial charge in [0.25, 0.3) is 0 Å². The van der Waals surface area contributed by atoms with E-state index in [0.717, 1.165) is 44.4 Å². The van der Waals surface area contributed by atoms with Gasteiger partial charge in [-0.15, -0.1) is 0 Å². The fourth-order valence-corrected chi connectivity index (χ4v) is 8.31. The molecule has 0 saturated heterocycles. The summed E-state index contributed by atoms with van der Waals surface area (Å²) in [6.07, 6.45) is 0. The molecule has 8 aromatic carbocycles. The predicted molar refractivity (Wildman–Crippen MR) is 212 cm³/mol. The lowest BCUT2D eigenvalue weighted by Crippen LogP contribution is -2.28. The molecule has 0 spiro atoms. The molecule has 0 bridgehead atoms. The molecule has 1 aliphatic rings. The maximum absolute atomic E-state index is 6.91. The van der Waals surface area contributed by atoms with Gasteiger partial charge in [0.2, 0.25) is 0 Å². The molecule has 0 radical (unpaired) electrons. The van der Waals surface area contributed by atoms with Gasteiger partial charge in [-0.3, -0.25) is 0 Å². The highest BCUT2D eigenvalue weighted by Crippen LogP contribution is 2.59. The van der Waals surface area contributed by atoms with Crippen molar-refractivity contribution in [1.82, 2.24) is 0 Å². The topological polar surface area (TPSA) is 25.2 Å². The highest BCUT2D eigenvalue weighted by Gasteiger charge is 2.47. The Bertz CT molecular complexity index is 2630. The van der Waals surface area contributed by atoms with Crippen molar-refractivity contribution >= 4 is 33.3 Å². The van der Waals surface area contributed by atoms with Gasteiger partial charge in [-0.1, -0.05) is 158 Å². The number of rotatable bonds is 6. The molecule has 0 amide bonds. The first kappa shape index (κ1) is 29.3. The normalized spacial score (nSPS) is 12.9. The van der Waals surface area contributed by atoms with Crippen molar-refractivity contribution in [2.75, 3.05) is 5.32 Å². The Labute approximate surface area is 297 Å². The second-order valence-corrected chi connectivity index (χ2v) is 13.3. The first-order chi connectivity index (χ1) is 25.3. The van der Waals surface area contributed by atoms with Crippen LogP contribution in [0.4, 0.5) is 11.4 Å². The first-order valence-electron chi connectivity index (χ1n) is 17.5. The summed E-state index contributed by atoms with van der Waals surface area (Å²) in [7, 11) is 0. The number of hydrogen-bond acceptors (Lipinski definition) is 2. The van der Waals surface area contributed by atoms with Crippen LogP contribution in [0, 0.1) is 0 Å². The molecular weight excluding hydrogens is 619 g/mol. The van der Waals surface area contributed by atoms with Gasteiger partial charge in [-0.05, 0) is 86.5 Å². The second-order valence-electron chi connectivity index (χ2n) is 13.3. The van der Waals surface area contributed by atoms with Gasteiger partial charge in [-0.25, -0.2) is 0 Å². The Hall–Kier alpha value is -6.64. The number of furan rings is 1. The van der Waals surface area contributed by atoms with E-state index in [2.05, 4.69) is 193 Å². The molecule has 0 unspecified atom stereocenters. The zero-order valence-corrected chi connectivity index (χ0v) is 27.9. The molecule has 1 heterocycles. The quantitative estimate of drug-likeness (QED) is 0.194. The molecule has 0 atom stereocenters. The Morgan fingerprint density at radius 3 is 1.61 bits per heavy atom. The van der Waals surface area contributed by atoms with Crippen LogP contribution < -0.4 is 5.32 Å². The number of nitrogens with one attached hydrogen (secondary N) is 1. The molecule has 1 N–H and O–H groups in total. The highest BCUT2D eigenvalue weighted by atomic mass is 16.3. The summed E-state index contributed by atoms with van der Waals surface area (Å²) >= 11 is 0. The monoisotopic (exact) mass is 651 g/mol. The highest BCUT2D eigenvalue weighted by molar-refractivity contribution is 6.18. The van der Waals surface area contributed by atoms with Crippen LogP contribution in [0.1, 0.15) is 22.3 Å². The minimum absolute atomic E-state index is 0.524. The van der Waals surface area contributed by atoms with Crippen molar-refractivity contribution in [1.29, 1.82) is 0 Å². The summed E-state index contributed by atoms with van der Waals surface area (Å²) in [6.45, 7) is 0. The van der Waals surface area contributed by atoms with Gasteiger partial charge in [0.1, 0.15) is 11.2 Å². The van der Waals surface area contributed by atoms with Gasteiger partial charge < -0.3 is 9.73 Å². The lowest BCUT2D eigenvalue weighted by Gasteiger charge is -2.34. The van der Waals surface area contributed by atoms with E-state index in [4.69, 9.17) is 4.42 Å². The van der Waals surface area contributed by atoms with Crippen LogP contribution in [0.25, 0.3) is 55.3 Å². The van der Waals surface area contributed by atoms with Crippen LogP contribution in [0.5, 0.6) is 0 Å². The number of anilines is 2. The number of fused-ring (bicyclic) bond motifs is 7. The van der Waals surface area contributed by atoms with Gasteiger partial charge in [0.05, 0.1) is 5.41 Å². The minimum Gasteiger partial charge on any atom is -0.455 e. The van der Waals surface area contributed by atoms with Crippen LogP contribution >= 0.6 is 0 Å². The average Bonchev–Trinajstić information content (AvgIpc) is 3.74. The zero-order valence-electron chi connectivity index (χ0n) is 27.9. The summed E-state index contributed by atoms with van der Waals surface area (Å²) in [4.78, 5) is 0. The standard InChI is InChI=1S/C49H33NO/c1-4-14-33(15-5-1)34-24-28-38(29-25-34)50-39-30-26-35(27-31-39)42-32-44-47(48-46(42)41-21-11-13-23-45(41)51-48)40-20-10-12-22-43(40)49(44,36-16-6-2-7-17-36)37-18-8-3-9-19-37/h1-32,50H. The average molecular weight is 652 g/mol. The maximum Gasteiger partial charge on any atom is 0.144 e. The van der Waals surface area contributed by atoms with E-state index in [1.807, 2.05) is 6.07 Å². The van der Waals surface area contributed by atoms with Gasteiger partial charge >= 0.3 is 0 Å². The molecule has 1 aliphatic carbocycles. The van der Waals surface area contributed by atoms with Crippen LogP contribution in [-0.2, 0) is 5.41 Å². The van der Waals surface area contributed by atoms with Crippen LogP contribution in [0.2, 0.25) is 0 Å². The summed E-state index contributed by atoms with van der Waals surface area (Å²) in [5.74, 6) is 0. The fraction of sp³-hybridized carbons (Fsp3) is 0.0204. The Balaban J connectivity index is 1.17. The van der Waals surface area contributed by atoms with E-state index in [-0.39, 0.29) is 0 Å². The third-order valence-corrected chi connectivity index (χ3v) is 10.5. The van der Waals surface area contributed by atoms with Crippen molar-refractivity contribution in [2.24, 2.45) is 0 Å². The van der Waals surface area contributed by atoms with Gasteiger partial charge in [0.15, 0.2) is 0 Å². The van der Waals surface area contributed by atoms with E-state index >= 15 is 0 Å². The SMILES string of the molecule is c1ccc(-c2ccc(Nc3ccc(-c4cc5c(c6oc7ccccc7c46)-c4ccccc4C5(c4ccccc4)c4ccccc4)cc3)cc2)cc1. The van der Waals surface area contributed by atoms with Gasteiger partial charge in [-0.2, -0.15) is 0 Å². The summed E-state index contributed by atoms with van der Waals surface area (Å²) in [5, 5.41) is 5.89. The Morgan fingerprint density at radius 2 is 0.941 bits per heavy atom. The van der Waals surface area contributed by atoms with Crippen LogP contribution in [0.15, 0.2) is 199 Å². The smallest absolute Gasteiger partial charge is 0.144 e. The van der Waals surface area contributed by atoms with E-state index in [1.54, 1.807) is 0 Å². The number of benzene rings is 8. The van der Waals surface area contributed by atoms with Crippen molar-refractivity contribution < 1.29 is 4.42 Å². The van der Waals surface area contributed by atoms with Crippen molar-refractivity contribution in [2.45, 2.75) is 5.41 Å². The van der Waals surface area contributed by atoms with E-state index in [9.17, 15) is 0 Å². The van der Waals surface area contributed by atoms with E-state index < -0.39 is 5.41 Å². The molecule has 2 nitrogen and oxygen atoms in total. The van der Waals surface area contributed by atoms with E-state index in [0.29, 0.717) is 0 Å². The summed E-state index contributed by atoms with van der Waals surface area (Å²) < 4.78 is 6.91. The summed E-state index contributed by atoms with van der Waals surface area (Å²) in [6, 6.07) is 69.6. The second kappa shape index (κ2) is 11.8. The Kier molecular flexibility index (Phi) is 6.75. The lowest BCUT2D eigenvalue weighted by molar-refractivity contribution is 0.669. The van der Waals surface area contributed by atoms with Crippen LogP contribution in [-0.4, -0.2) is 0 Å². The number of hydrogen-bond donors (Lipinski definition) is 1. The lowest BCUT2D eigenvalue weighted by atomic mass is 9.67. The van der Waals surface area contributed by atoms with Crippen molar-refractivity contribution in [3.8, 4) is 33.4 Å². The van der Waals surface area contributed by atoms with Crippen molar-refractivity contribution in [3.05, 3.63) is 216 Å². The fourth-order valence-electron chi connectivity index (χ4n) is 8.31. The molecule has 51 heavy (non-hydrogen) atoms. The third-order valence-electron chi connectivity index (χ3n) is 10.5. The molecule has 0 fully saturated rings. The zero-order chi connectivity index (χ0) is 33.8. The van der Waals surface area contributed by atoms with E-state index in [1.165, 1.54) is 44.5 Å². The molecule has 1 aromatic heterocycles. The summed E-state index contributed by atoms with van der Waals surface area (Å²) in [5.41, 5.74) is 15.5. The molecule has 0 aliphatic heterocycles. The Morgan fingerprint density at radius 1 is 0.412 bits per heavy atom. The maximum atomic E-state index is 6.91. The molecule has 2 heteroatoms. The molecule has 9 aromatic rings. The predicted octanol–water partition coefficient (Wildman–Crippen LogP) is 13.0. The van der Waals surface area contributed by atoms with Gasteiger partial charge in [0, 0.05) is 27.7 Å². The largest absolute Gasteiger partial charge is 0.455 e. The van der Waals surface area contributed by atoms with Crippen LogP contribution in [0.3, 0.4) is 0 Å². The molecule has 0 saturated carbocycles. The molecule has 240 valence electrons.